The van der Waals surface area contributed by atoms with Gasteiger partial charge in [0, 0.05) is 11.7 Å². The maximum atomic E-state index is 10.7. The highest BCUT2D eigenvalue weighted by atomic mass is 16.6. The second-order valence-corrected chi connectivity index (χ2v) is 3.66. The minimum Gasteiger partial charge on any atom is -0.321 e. The van der Waals surface area contributed by atoms with Gasteiger partial charge in [-0.25, -0.2) is 0 Å². The number of nitro groups is 1. The van der Waals surface area contributed by atoms with Crippen LogP contribution in [0.1, 0.15) is 24.8 Å². The first-order valence-corrected chi connectivity index (χ1v) is 4.51. The molecule has 0 atom stereocenters. The van der Waals surface area contributed by atoms with Crippen molar-refractivity contribution < 1.29 is 4.92 Å². The van der Waals surface area contributed by atoms with Crippen LogP contribution in [0, 0.1) is 10.1 Å². The fourth-order valence-corrected chi connectivity index (χ4v) is 1.78. The summed E-state index contributed by atoms with van der Waals surface area (Å²) in [6.07, 6.45) is 5.49. The molecule has 1 fully saturated rings. The number of nitrogens with zero attached hydrogens (tertiary/aromatic N) is 2. The van der Waals surface area contributed by atoms with Crippen molar-refractivity contribution in [1.82, 2.24) is 4.98 Å². The van der Waals surface area contributed by atoms with Gasteiger partial charge in [0.2, 0.25) is 0 Å². The predicted molar refractivity (Wildman–Crippen MR) is 50.6 cm³/mol. The first kappa shape index (κ1) is 9.08. The third-order valence-corrected chi connectivity index (χ3v) is 2.78. The lowest BCUT2D eigenvalue weighted by molar-refractivity contribution is -0.386. The van der Waals surface area contributed by atoms with Crippen LogP contribution in [0.25, 0.3) is 0 Å². The van der Waals surface area contributed by atoms with Gasteiger partial charge in [0.15, 0.2) is 0 Å². The Labute approximate surface area is 81.1 Å². The summed E-state index contributed by atoms with van der Waals surface area (Å²) in [4.78, 5) is 14.0. The molecule has 1 aromatic heterocycles. The Kier molecular flexibility index (Phi) is 1.96. The van der Waals surface area contributed by atoms with Crippen LogP contribution in [0.15, 0.2) is 18.5 Å². The Morgan fingerprint density at radius 2 is 2.29 bits per heavy atom. The maximum Gasteiger partial charge on any atom is 0.292 e. The molecule has 1 aromatic rings. The third kappa shape index (κ3) is 1.26. The van der Waals surface area contributed by atoms with E-state index >= 15 is 0 Å². The standard InChI is InChI=1S/C9H11N3O2/c10-9(3-1-4-9)7-2-5-11-6-8(7)12(13)14/h2,5-6H,1,3-4,10H2. The van der Waals surface area contributed by atoms with Crippen LogP contribution in [-0.4, -0.2) is 9.91 Å². The highest BCUT2D eigenvalue weighted by Crippen LogP contribution is 2.41. The molecule has 0 aliphatic heterocycles. The van der Waals surface area contributed by atoms with Gasteiger partial charge in [0.1, 0.15) is 6.20 Å². The van der Waals surface area contributed by atoms with Gasteiger partial charge < -0.3 is 5.73 Å². The van der Waals surface area contributed by atoms with Crippen molar-refractivity contribution in [2.45, 2.75) is 24.8 Å². The zero-order valence-electron chi connectivity index (χ0n) is 7.64. The molecule has 0 bridgehead atoms. The Bertz CT molecular complexity index is 374. The summed E-state index contributed by atoms with van der Waals surface area (Å²) in [5, 5.41) is 10.7. The number of hydrogen-bond acceptors (Lipinski definition) is 4. The molecule has 0 saturated heterocycles. The summed E-state index contributed by atoms with van der Waals surface area (Å²) in [7, 11) is 0. The molecule has 2 N–H and O–H groups in total. The number of hydrogen-bond donors (Lipinski definition) is 1. The van der Waals surface area contributed by atoms with Crippen molar-refractivity contribution in [3.63, 3.8) is 0 Å². The van der Waals surface area contributed by atoms with Crippen LogP contribution in [0.5, 0.6) is 0 Å². The van der Waals surface area contributed by atoms with Crippen molar-refractivity contribution >= 4 is 5.69 Å². The summed E-state index contributed by atoms with van der Waals surface area (Å²) in [6.45, 7) is 0. The summed E-state index contributed by atoms with van der Waals surface area (Å²) in [5.74, 6) is 0. The van der Waals surface area contributed by atoms with Crippen LogP contribution in [0.3, 0.4) is 0 Å². The molecule has 2 rings (SSSR count). The molecule has 0 radical (unpaired) electrons. The van der Waals surface area contributed by atoms with Crippen LogP contribution in [-0.2, 0) is 5.54 Å². The van der Waals surface area contributed by atoms with Gasteiger partial charge in [0.25, 0.3) is 5.69 Å². The zero-order valence-corrected chi connectivity index (χ0v) is 7.64. The van der Waals surface area contributed by atoms with Crippen LogP contribution in [0.2, 0.25) is 0 Å². The fourth-order valence-electron chi connectivity index (χ4n) is 1.78. The van der Waals surface area contributed by atoms with Crippen molar-refractivity contribution in [3.05, 3.63) is 34.1 Å². The molecule has 1 aliphatic carbocycles. The number of nitrogens with two attached hydrogens (primary N) is 1. The van der Waals surface area contributed by atoms with E-state index in [1.165, 1.54) is 6.20 Å². The van der Waals surface area contributed by atoms with E-state index in [4.69, 9.17) is 5.73 Å². The van der Waals surface area contributed by atoms with Gasteiger partial charge in [0.05, 0.1) is 10.5 Å². The Balaban J connectivity index is 2.46. The van der Waals surface area contributed by atoms with Crippen molar-refractivity contribution in [2.75, 3.05) is 0 Å². The second-order valence-electron chi connectivity index (χ2n) is 3.66. The summed E-state index contributed by atoms with van der Waals surface area (Å²) in [6, 6.07) is 1.65. The first-order valence-electron chi connectivity index (χ1n) is 4.51. The molecule has 74 valence electrons. The lowest BCUT2D eigenvalue weighted by atomic mass is 9.72. The molecule has 0 amide bonds. The van der Waals surface area contributed by atoms with E-state index in [0.717, 1.165) is 19.3 Å². The SMILES string of the molecule is NC1(c2ccncc2[N+](=O)[O-])CCC1. The Morgan fingerprint density at radius 1 is 1.57 bits per heavy atom. The molecule has 0 aromatic carbocycles. The topological polar surface area (TPSA) is 82.0 Å². The molecule has 0 spiro atoms. The number of aromatic nitrogens is 1. The van der Waals surface area contributed by atoms with Gasteiger partial charge in [-0.3, -0.25) is 15.1 Å². The fraction of sp³-hybridized carbons (Fsp3) is 0.444. The van der Waals surface area contributed by atoms with Gasteiger partial charge in [-0.05, 0) is 25.3 Å². The highest BCUT2D eigenvalue weighted by molar-refractivity contribution is 5.43. The smallest absolute Gasteiger partial charge is 0.292 e. The average Bonchev–Trinajstić information content (AvgIpc) is 2.14. The molecule has 1 heterocycles. The molecule has 1 aliphatic rings. The molecule has 14 heavy (non-hydrogen) atoms. The van der Waals surface area contributed by atoms with Crippen molar-refractivity contribution in [2.24, 2.45) is 5.73 Å². The average molecular weight is 193 g/mol. The normalized spacial score (nSPS) is 18.6. The lowest BCUT2D eigenvalue weighted by Crippen LogP contribution is -2.43. The summed E-state index contributed by atoms with van der Waals surface area (Å²) < 4.78 is 0. The number of rotatable bonds is 2. The van der Waals surface area contributed by atoms with Gasteiger partial charge in [-0.1, -0.05) is 0 Å². The van der Waals surface area contributed by atoms with E-state index in [1.807, 2.05) is 0 Å². The molecule has 5 heteroatoms. The van der Waals surface area contributed by atoms with E-state index in [1.54, 1.807) is 12.3 Å². The lowest BCUT2D eigenvalue weighted by Gasteiger charge is -2.37. The van der Waals surface area contributed by atoms with E-state index in [0.29, 0.717) is 5.56 Å². The van der Waals surface area contributed by atoms with Crippen molar-refractivity contribution in [1.29, 1.82) is 0 Å². The van der Waals surface area contributed by atoms with Crippen LogP contribution in [0.4, 0.5) is 5.69 Å². The van der Waals surface area contributed by atoms with E-state index < -0.39 is 10.5 Å². The van der Waals surface area contributed by atoms with E-state index in [2.05, 4.69) is 4.98 Å². The largest absolute Gasteiger partial charge is 0.321 e. The third-order valence-electron chi connectivity index (χ3n) is 2.78. The highest BCUT2D eigenvalue weighted by Gasteiger charge is 2.39. The Morgan fingerprint density at radius 3 is 2.79 bits per heavy atom. The second kappa shape index (κ2) is 3.02. The summed E-state index contributed by atoms with van der Waals surface area (Å²) in [5.41, 5.74) is 6.19. The van der Waals surface area contributed by atoms with Crippen LogP contribution < -0.4 is 5.73 Å². The minimum absolute atomic E-state index is 0.0368. The maximum absolute atomic E-state index is 10.7. The van der Waals surface area contributed by atoms with Gasteiger partial charge in [-0.2, -0.15) is 0 Å². The molecule has 1 saturated carbocycles. The number of pyridine rings is 1. The van der Waals surface area contributed by atoms with Crippen molar-refractivity contribution in [3.8, 4) is 0 Å². The quantitative estimate of drug-likeness (QED) is 0.567. The summed E-state index contributed by atoms with van der Waals surface area (Å²) >= 11 is 0. The first-order chi connectivity index (χ1) is 6.63. The molecular weight excluding hydrogens is 182 g/mol. The molecule has 0 unspecified atom stereocenters. The van der Waals surface area contributed by atoms with E-state index in [9.17, 15) is 10.1 Å². The van der Waals surface area contributed by atoms with Gasteiger partial charge >= 0.3 is 0 Å². The molecular formula is C9H11N3O2. The molecule has 5 nitrogen and oxygen atoms in total. The zero-order chi connectivity index (χ0) is 10.2. The Hall–Kier alpha value is -1.49. The van der Waals surface area contributed by atoms with E-state index in [-0.39, 0.29) is 5.69 Å². The minimum atomic E-state index is -0.495. The van der Waals surface area contributed by atoms with Gasteiger partial charge in [-0.15, -0.1) is 0 Å². The monoisotopic (exact) mass is 193 g/mol. The van der Waals surface area contributed by atoms with Crippen LogP contribution >= 0.6 is 0 Å². The predicted octanol–water partition coefficient (Wildman–Crippen LogP) is 1.33.